The molecule has 1 aliphatic heterocycles. The third-order valence-corrected chi connectivity index (χ3v) is 5.60. The van der Waals surface area contributed by atoms with Gasteiger partial charge in [0.05, 0.1) is 31.8 Å². The van der Waals surface area contributed by atoms with Gasteiger partial charge in [0.1, 0.15) is 5.82 Å². The second kappa shape index (κ2) is 9.82. The second-order valence-electron chi connectivity index (χ2n) is 7.42. The summed E-state index contributed by atoms with van der Waals surface area (Å²) in [4.78, 5) is 27.0. The second-order valence-corrected chi connectivity index (χ2v) is 7.42. The van der Waals surface area contributed by atoms with E-state index in [-0.39, 0.29) is 11.1 Å². The van der Waals surface area contributed by atoms with Gasteiger partial charge in [0.25, 0.3) is 11.6 Å². The Balaban J connectivity index is 1.70. The molecular formula is C22H26FN3O6. The van der Waals surface area contributed by atoms with Crippen molar-refractivity contribution in [3.63, 3.8) is 0 Å². The molecule has 0 spiro atoms. The molecule has 9 nitrogen and oxygen atoms in total. The molecule has 0 bridgehead atoms. The Morgan fingerprint density at radius 1 is 1.06 bits per heavy atom. The van der Waals surface area contributed by atoms with Gasteiger partial charge in [0.2, 0.25) is 5.75 Å². The minimum Gasteiger partial charge on any atom is -0.493 e. The van der Waals surface area contributed by atoms with Crippen LogP contribution in [-0.4, -0.2) is 68.1 Å². The van der Waals surface area contributed by atoms with Crippen molar-refractivity contribution in [3.05, 3.63) is 56.9 Å². The number of nitro benzene ring substituents is 1. The monoisotopic (exact) mass is 447 g/mol. The van der Waals surface area contributed by atoms with Gasteiger partial charge in [0.15, 0.2) is 11.5 Å². The highest BCUT2D eigenvalue weighted by molar-refractivity contribution is 5.95. The van der Waals surface area contributed by atoms with Crippen LogP contribution in [0.15, 0.2) is 24.3 Å². The molecule has 0 aliphatic carbocycles. The molecule has 1 amide bonds. The quantitative estimate of drug-likeness (QED) is 0.476. The Labute approximate surface area is 185 Å². The van der Waals surface area contributed by atoms with Crippen LogP contribution in [0.4, 0.5) is 10.1 Å². The Kier molecular flexibility index (Phi) is 7.14. The number of methoxy groups -OCH3 is 3. The van der Waals surface area contributed by atoms with E-state index < -0.39 is 22.3 Å². The van der Waals surface area contributed by atoms with Crippen molar-refractivity contribution in [2.24, 2.45) is 0 Å². The van der Waals surface area contributed by atoms with Gasteiger partial charge in [-0.2, -0.15) is 0 Å². The lowest BCUT2D eigenvalue weighted by Crippen LogP contribution is -2.48. The van der Waals surface area contributed by atoms with Crippen molar-refractivity contribution in [2.45, 2.75) is 13.5 Å². The van der Waals surface area contributed by atoms with Crippen LogP contribution < -0.4 is 14.2 Å². The maximum absolute atomic E-state index is 14.1. The normalized spacial score (nSPS) is 14.2. The summed E-state index contributed by atoms with van der Waals surface area (Å²) in [6, 6.07) is 5.92. The lowest BCUT2D eigenvalue weighted by Gasteiger charge is -2.35. The number of ether oxygens (including phenoxy) is 3. The molecule has 172 valence electrons. The number of piperazine rings is 1. The third-order valence-electron chi connectivity index (χ3n) is 5.60. The number of benzene rings is 2. The van der Waals surface area contributed by atoms with Crippen molar-refractivity contribution in [2.75, 3.05) is 47.5 Å². The number of nitrogens with zero attached hydrogens (tertiary/aromatic N) is 3. The molecule has 0 radical (unpaired) electrons. The summed E-state index contributed by atoms with van der Waals surface area (Å²) in [7, 11) is 4.67. The lowest BCUT2D eigenvalue weighted by atomic mass is 10.1. The van der Waals surface area contributed by atoms with Crippen molar-refractivity contribution < 1.29 is 28.3 Å². The molecule has 3 rings (SSSR count). The number of nitro groups is 1. The van der Waals surface area contributed by atoms with Crippen LogP contribution in [0.3, 0.4) is 0 Å². The van der Waals surface area contributed by atoms with Crippen LogP contribution in [0.25, 0.3) is 0 Å². The number of hydrogen-bond acceptors (Lipinski definition) is 7. The average molecular weight is 447 g/mol. The summed E-state index contributed by atoms with van der Waals surface area (Å²) in [5, 5.41) is 11.2. The van der Waals surface area contributed by atoms with E-state index in [1.54, 1.807) is 26.2 Å². The molecule has 0 atom stereocenters. The van der Waals surface area contributed by atoms with Crippen LogP contribution >= 0.6 is 0 Å². The zero-order valence-electron chi connectivity index (χ0n) is 18.5. The SMILES string of the molecule is COc1ccc(CN2CCN(C(=O)c3cc(F)c(C)c([N+](=O)[O-])c3)CC2)c(OC)c1OC. The molecule has 10 heteroatoms. The highest BCUT2D eigenvalue weighted by Gasteiger charge is 2.26. The van der Waals surface area contributed by atoms with Gasteiger partial charge >= 0.3 is 0 Å². The van der Waals surface area contributed by atoms with E-state index in [0.717, 1.165) is 17.7 Å². The summed E-state index contributed by atoms with van der Waals surface area (Å²) in [5.41, 5.74) is 0.420. The molecular weight excluding hydrogens is 421 g/mol. The summed E-state index contributed by atoms with van der Waals surface area (Å²) in [5.74, 6) is 0.497. The van der Waals surface area contributed by atoms with E-state index in [1.165, 1.54) is 6.92 Å². The molecule has 1 saturated heterocycles. The van der Waals surface area contributed by atoms with Crippen molar-refractivity contribution in [1.82, 2.24) is 9.80 Å². The summed E-state index contributed by atoms with van der Waals surface area (Å²) >= 11 is 0. The number of carbonyl (C=O) groups is 1. The number of carbonyl (C=O) groups excluding carboxylic acids is 1. The number of hydrogen-bond donors (Lipinski definition) is 0. The maximum Gasteiger partial charge on any atom is 0.276 e. The zero-order valence-corrected chi connectivity index (χ0v) is 18.5. The minimum absolute atomic E-state index is 0.0187. The number of amides is 1. The summed E-state index contributed by atoms with van der Waals surface area (Å²) in [6.45, 7) is 3.90. The average Bonchev–Trinajstić information content (AvgIpc) is 2.80. The van der Waals surface area contributed by atoms with E-state index >= 15 is 0 Å². The minimum atomic E-state index is -0.762. The van der Waals surface area contributed by atoms with E-state index in [4.69, 9.17) is 14.2 Å². The van der Waals surface area contributed by atoms with Crippen LogP contribution in [-0.2, 0) is 6.54 Å². The van der Waals surface area contributed by atoms with Gasteiger partial charge in [-0.3, -0.25) is 19.8 Å². The van der Waals surface area contributed by atoms with Crippen molar-refractivity contribution in [1.29, 1.82) is 0 Å². The molecule has 1 heterocycles. The zero-order chi connectivity index (χ0) is 23.4. The first kappa shape index (κ1) is 23.3. The van der Waals surface area contributed by atoms with Crippen LogP contribution in [0.1, 0.15) is 21.5 Å². The first-order chi connectivity index (χ1) is 15.3. The Morgan fingerprint density at radius 3 is 2.28 bits per heavy atom. The molecule has 1 fully saturated rings. The molecule has 0 N–H and O–H groups in total. The summed E-state index contributed by atoms with van der Waals surface area (Å²) < 4.78 is 30.4. The molecule has 2 aromatic rings. The molecule has 0 saturated carbocycles. The fraction of sp³-hybridized carbons (Fsp3) is 0.409. The smallest absolute Gasteiger partial charge is 0.276 e. The van der Waals surface area contributed by atoms with Gasteiger partial charge in [-0.1, -0.05) is 6.07 Å². The molecule has 2 aromatic carbocycles. The predicted octanol–water partition coefficient (Wildman–Crippen LogP) is 3.03. The van der Waals surface area contributed by atoms with Crippen LogP contribution in [0.5, 0.6) is 17.2 Å². The largest absolute Gasteiger partial charge is 0.493 e. The molecule has 0 unspecified atom stereocenters. The lowest BCUT2D eigenvalue weighted by molar-refractivity contribution is -0.385. The molecule has 32 heavy (non-hydrogen) atoms. The van der Waals surface area contributed by atoms with E-state index in [1.807, 2.05) is 12.1 Å². The van der Waals surface area contributed by atoms with Gasteiger partial charge in [0, 0.05) is 49.9 Å². The van der Waals surface area contributed by atoms with Crippen LogP contribution in [0.2, 0.25) is 0 Å². The fourth-order valence-electron chi connectivity index (χ4n) is 3.80. The third kappa shape index (κ3) is 4.59. The van der Waals surface area contributed by atoms with Gasteiger partial charge < -0.3 is 19.1 Å². The molecule has 0 aromatic heterocycles. The van der Waals surface area contributed by atoms with Crippen molar-refractivity contribution >= 4 is 11.6 Å². The highest BCUT2D eigenvalue weighted by atomic mass is 19.1. The number of halogens is 1. The Morgan fingerprint density at radius 2 is 1.72 bits per heavy atom. The Bertz CT molecular complexity index is 1020. The topological polar surface area (TPSA) is 94.4 Å². The standard InChI is InChI=1S/C22H26FN3O6/c1-14-17(23)11-16(12-18(14)26(28)29)22(27)25-9-7-24(8-10-25)13-15-5-6-19(30-2)21(32-4)20(15)31-3/h5-6,11-12H,7-10,13H2,1-4H3. The molecule has 1 aliphatic rings. The first-order valence-corrected chi connectivity index (χ1v) is 10.0. The van der Waals surface area contributed by atoms with Crippen LogP contribution in [0, 0.1) is 22.9 Å². The predicted molar refractivity (Wildman–Crippen MR) is 115 cm³/mol. The van der Waals surface area contributed by atoms with Gasteiger partial charge in [-0.05, 0) is 19.1 Å². The van der Waals surface area contributed by atoms with E-state index in [2.05, 4.69) is 4.90 Å². The fourth-order valence-corrected chi connectivity index (χ4v) is 3.80. The van der Waals surface area contributed by atoms with Gasteiger partial charge in [-0.25, -0.2) is 4.39 Å². The highest BCUT2D eigenvalue weighted by Crippen LogP contribution is 2.40. The van der Waals surface area contributed by atoms with E-state index in [9.17, 15) is 19.3 Å². The first-order valence-electron chi connectivity index (χ1n) is 10.0. The maximum atomic E-state index is 14.1. The Hall–Kier alpha value is -3.40. The number of rotatable bonds is 7. The van der Waals surface area contributed by atoms with Crippen molar-refractivity contribution in [3.8, 4) is 17.2 Å². The van der Waals surface area contributed by atoms with Gasteiger partial charge in [-0.15, -0.1) is 0 Å². The van der Waals surface area contributed by atoms with E-state index in [0.29, 0.717) is 50.0 Å². The summed E-state index contributed by atoms with van der Waals surface area (Å²) in [6.07, 6.45) is 0.